The van der Waals surface area contributed by atoms with Gasteiger partial charge in [0, 0.05) is 6.99 Å². The van der Waals surface area contributed by atoms with Crippen molar-refractivity contribution in [3.8, 4) is 0 Å². The molecular weight excluding hydrogens is 612 g/mol. The molecule has 0 saturated heterocycles. The van der Waals surface area contributed by atoms with Crippen LogP contribution < -0.4 is 0 Å². The molecule has 0 bridgehead atoms. The summed E-state index contributed by atoms with van der Waals surface area (Å²) in [7, 11) is 20.4. The van der Waals surface area contributed by atoms with Gasteiger partial charge in [-0.15, -0.1) is 53.6 Å². The van der Waals surface area contributed by atoms with Gasteiger partial charge >= 0.3 is 0 Å². The molecule has 0 aliphatic heterocycles. The molecule has 104 valence electrons. The molecule has 10 atom stereocenters. The van der Waals surface area contributed by atoms with Crippen molar-refractivity contribution < 1.29 is 4.20 Å². The van der Waals surface area contributed by atoms with Crippen molar-refractivity contribution in [2.24, 2.45) is 0 Å². The molecule has 0 radical (unpaired) electrons. The van der Waals surface area contributed by atoms with Gasteiger partial charge in [-0.25, -0.2) is 4.20 Å². The second-order valence-electron chi connectivity index (χ2n) is 2.43. The van der Waals surface area contributed by atoms with Gasteiger partial charge in [0.2, 0.25) is 0 Å². The number of hydrogen-bond donors (Lipinski definition) is 0. The minimum atomic E-state index is -2.65. The first-order chi connectivity index (χ1) is 7.50. The van der Waals surface area contributed by atoms with E-state index >= 15 is 0 Å². The average Bonchev–Trinajstić information content (AvgIpc) is 2.09. The topological polar surface area (TPSA) is 0 Å². The van der Waals surface area contributed by atoms with Crippen molar-refractivity contribution in [2.75, 3.05) is 0 Å². The first-order valence-corrected chi connectivity index (χ1v) is 32.6. The average molecular weight is 626 g/mol. The molecule has 0 rings (SSSR count). The SMILES string of the molecule is FP(=S)(I)P(P)P(P(P)P)P(P(P)P)P(P)P. The van der Waals surface area contributed by atoms with Crippen LogP contribution in [0.25, 0.3) is 0 Å². The van der Waals surface area contributed by atoms with E-state index in [2.05, 4.69) is 62.5 Å². The molecule has 0 aliphatic carbocycles. The van der Waals surface area contributed by atoms with E-state index in [4.69, 9.17) is 11.8 Å². The molecule has 0 saturated carbocycles. The smallest absolute Gasteiger partial charge is 0.197 e. The van der Waals surface area contributed by atoms with Gasteiger partial charge in [0.1, 0.15) is 0 Å². The quantitative estimate of drug-likeness (QED) is 0.209. The highest BCUT2D eigenvalue weighted by Gasteiger charge is 2.40. The zero-order valence-corrected chi connectivity index (χ0v) is 25.7. The van der Waals surface area contributed by atoms with Crippen LogP contribution in [0.3, 0.4) is 0 Å². The molecule has 0 heterocycles. The predicted molar refractivity (Wildman–Crippen MR) is 139 cm³/mol. The maximum atomic E-state index is 14.2. The second kappa shape index (κ2) is 11.5. The van der Waals surface area contributed by atoms with Gasteiger partial charge in [-0.1, -0.05) is 8.93 Å². The minimum Gasteiger partial charge on any atom is -0.201 e. The summed E-state index contributed by atoms with van der Waals surface area (Å²) in [5, 5.41) is 0. The van der Waals surface area contributed by atoms with Crippen molar-refractivity contribution in [3.63, 3.8) is 0 Å². The largest absolute Gasteiger partial charge is 0.201 e. The highest BCUT2D eigenvalue weighted by Crippen LogP contribution is 3.25. The molecule has 0 aromatic rings. The van der Waals surface area contributed by atoms with E-state index in [0.717, 1.165) is 0 Å². The van der Waals surface area contributed by atoms with Crippen LogP contribution in [0, 0.1) is 0 Å². The van der Waals surface area contributed by atoms with E-state index in [-0.39, 0.29) is 34.9 Å². The molecular formula is H14FIP14S. The third-order valence-electron chi connectivity index (χ3n) is 1.20. The highest BCUT2D eigenvalue weighted by molar-refractivity contribution is 14.2. The standard InChI is InChI=1S/FH14IP14S/c1-16(2,17)13(9)15(12(7)8)14(10(3)4)11(5)6/h3-9H2. The second-order valence-corrected chi connectivity index (χ2v) is 67.4. The Bertz CT molecular complexity index is 259. The zero-order valence-electron chi connectivity index (χ0n) is 8.34. The van der Waals surface area contributed by atoms with Crippen LogP contribution >= 0.6 is 130 Å². The predicted octanol–water partition coefficient (Wildman–Crippen LogP) is 9.61. The van der Waals surface area contributed by atoms with Crippen LogP contribution in [0.2, 0.25) is 0 Å². The highest BCUT2D eigenvalue weighted by atomic mass is 127. The summed E-state index contributed by atoms with van der Waals surface area (Å²) in [5.74, 6) is 0. The van der Waals surface area contributed by atoms with Gasteiger partial charge in [-0.2, -0.15) is 0 Å². The Hall–Kier alpha value is 6.90. The Balaban J connectivity index is 5.27. The molecule has 0 aromatic carbocycles. The summed E-state index contributed by atoms with van der Waals surface area (Å²) in [4.78, 5) is 0. The van der Waals surface area contributed by atoms with Crippen molar-refractivity contribution in [2.45, 2.75) is 0 Å². The Kier molecular flexibility index (Phi) is 16.2. The summed E-state index contributed by atoms with van der Waals surface area (Å²) in [6.07, 6.45) is 0. The summed E-state index contributed by atoms with van der Waals surface area (Å²) in [5.41, 5.74) is 0. The maximum Gasteiger partial charge on any atom is 0.197 e. The molecule has 10 unspecified atom stereocenters. The van der Waals surface area contributed by atoms with Crippen LogP contribution in [0.4, 0.5) is 4.20 Å². The lowest BCUT2D eigenvalue weighted by Gasteiger charge is -2.39. The first kappa shape index (κ1) is 23.9. The Morgan fingerprint density at radius 1 is 0.824 bits per heavy atom. The Morgan fingerprint density at radius 2 is 1.12 bits per heavy atom. The number of halogens is 2. The molecule has 17 heavy (non-hydrogen) atoms. The van der Waals surface area contributed by atoms with Crippen LogP contribution in [-0.4, -0.2) is 0 Å². The molecule has 0 fully saturated rings. The Morgan fingerprint density at radius 3 is 1.29 bits per heavy atom. The third kappa shape index (κ3) is 9.24. The summed E-state index contributed by atoms with van der Waals surface area (Å²) < 4.78 is 11.6. The summed E-state index contributed by atoms with van der Waals surface area (Å²) >= 11 is 7.04. The van der Waals surface area contributed by atoms with Crippen LogP contribution in [0.1, 0.15) is 0 Å². The summed E-state index contributed by atoms with van der Waals surface area (Å²) in [6.45, 7) is -1.66. The van der Waals surface area contributed by atoms with E-state index in [9.17, 15) is 4.20 Å². The molecule has 0 aliphatic rings. The molecule has 0 aromatic heterocycles. The Labute approximate surface area is 144 Å². The lowest BCUT2D eigenvalue weighted by atomic mass is 18.9. The fraction of sp³-hybridized carbons (Fsp3) is 0. The van der Waals surface area contributed by atoms with E-state index in [1.54, 1.807) is 0 Å². The van der Waals surface area contributed by atoms with E-state index in [1.807, 2.05) is 22.0 Å². The molecule has 0 amide bonds. The van der Waals surface area contributed by atoms with Crippen molar-refractivity contribution in [1.29, 1.82) is 0 Å². The lowest BCUT2D eigenvalue weighted by Crippen LogP contribution is -1.54. The normalized spacial score (nSPS) is 20.1. The van der Waals surface area contributed by atoms with Crippen LogP contribution in [-0.2, 0) is 11.8 Å². The fourth-order valence-corrected chi connectivity index (χ4v) is 169. The van der Waals surface area contributed by atoms with Gasteiger partial charge in [-0.05, 0) is 68.8 Å². The van der Waals surface area contributed by atoms with Crippen molar-refractivity contribution in [1.82, 2.24) is 0 Å². The molecule has 0 nitrogen and oxygen atoms in total. The molecule has 17 heteroatoms. The fourth-order valence-electron chi connectivity index (χ4n) is 0.677. The third-order valence-corrected chi connectivity index (χ3v) is 101. The van der Waals surface area contributed by atoms with E-state index in [1.165, 1.54) is 0 Å². The van der Waals surface area contributed by atoms with Gasteiger partial charge in [-0.3, -0.25) is 0 Å². The van der Waals surface area contributed by atoms with Crippen molar-refractivity contribution in [3.05, 3.63) is 0 Å². The maximum absolute atomic E-state index is 14.2. The first-order valence-electron chi connectivity index (χ1n) is 3.53. The van der Waals surface area contributed by atoms with Crippen LogP contribution in [0.15, 0.2) is 0 Å². The minimum absolute atomic E-state index is 0.128. The van der Waals surface area contributed by atoms with Gasteiger partial charge in [0.25, 0.3) is 0 Å². The van der Waals surface area contributed by atoms with Gasteiger partial charge in [0.05, 0.1) is 0 Å². The lowest BCUT2D eigenvalue weighted by molar-refractivity contribution is 0.931. The molecule has 0 N–H and O–H groups in total. The summed E-state index contributed by atoms with van der Waals surface area (Å²) in [6, 6.07) is 0. The monoisotopic (exact) mass is 626 g/mol. The van der Waals surface area contributed by atoms with Crippen molar-refractivity contribution >= 4 is 142 Å². The van der Waals surface area contributed by atoms with Crippen LogP contribution in [0.5, 0.6) is 0 Å². The van der Waals surface area contributed by atoms with E-state index in [0.29, 0.717) is 0 Å². The van der Waals surface area contributed by atoms with Gasteiger partial charge < -0.3 is 0 Å². The molecule has 0 spiro atoms. The number of hydrogen-bond acceptors (Lipinski definition) is 1. The zero-order chi connectivity index (χ0) is 14.0. The van der Waals surface area contributed by atoms with E-state index < -0.39 is 10.7 Å². The number of rotatable bonds is 6. The van der Waals surface area contributed by atoms with Gasteiger partial charge in [0.15, 0.2) is 3.68 Å².